The van der Waals surface area contributed by atoms with Crippen molar-refractivity contribution >= 4 is 6.03 Å². The lowest BCUT2D eigenvalue weighted by Gasteiger charge is -2.32. The molecular weight excluding hydrogens is 220 g/mol. The topological polar surface area (TPSA) is 50.8 Å². The largest absolute Gasteiger partial charge is 0.382 e. The van der Waals surface area contributed by atoms with Crippen molar-refractivity contribution in [3.8, 4) is 0 Å². The number of amides is 2. The van der Waals surface area contributed by atoms with Crippen molar-refractivity contribution in [1.82, 2.24) is 10.2 Å². The van der Waals surface area contributed by atoms with Gasteiger partial charge in [0.15, 0.2) is 0 Å². The molecule has 1 rings (SSSR count). The summed E-state index contributed by atoms with van der Waals surface area (Å²) in [6.45, 7) is 7.43. The molecule has 1 atom stereocenters. The molecule has 1 N–H and O–H groups in total. The minimum Gasteiger partial charge on any atom is -0.382 e. The Bertz CT molecular complexity index is 232. The Hall–Kier alpha value is -0.810. The van der Waals surface area contributed by atoms with Crippen LogP contribution >= 0.6 is 0 Å². The van der Waals surface area contributed by atoms with Crippen LogP contribution in [0.15, 0.2) is 0 Å². The number of rotatable bonds is 5. The SMILES string of the molecule is COC[C@H]1CN(C(=O)NCCC(C)C)CCO1. The van der Waals surface area contributed by atoms with Crippen molar-refractivity contribution in [3.05, 3.63) is 0 Å². The third-order valence-corrected chi connectivity index (χ3v) is 2.78. The summed E-state index contributed by atoms with van der Waals surface area (Å²) in [7, 11) is 1.64. The van der Waals surface area contributed by atoms with Gasteiger partial charge >= 0.3 is 6.03 Å². The number of hydrogen-bond donors (Lipinski definition) is 1. The van der Waals surface area contributed by atoms with Gasteiger partial charge in [-0.2, -0.15) is 0 Å². The molecule has 0 aromatic heterocycles. The Kier molecular flexibility index (Phi) is 6.29. The van der Waals surface area contributed by atoms with Crippen LogP contribution in [0.4, 0.5) is 4.79 Å². The standard InChI is InChI=1S/C12H24N2O3/c1-10(2)4-5-13-12(15)14-6-7-17-11(8-14)9-16-3/h10-11H,4-9H2,1-3H3,(H,13,15)/t11-/m1/s1. The van der Waals surface area contributed by atoms with E-state index in [0.29, 0.717) is 32.2 Å². The van der Waals surface area contributed by atoms with Gasteiger partial charge in [-0.05, 0) is 12.3 Å². The van der Waals surface area contributed by atoms with Gasteiger partial charge in [-0.3, -0.25) is 0 Å². The monoisotopic (exact) mass is 244 g/mol. The van der Waals surface area contributed by atoms with Gasteiger partial charge in [-0.15, -0.1) is 0 Å². The quantitative estimate of drug-likeness (QED) is 0.787. The number of methoxy groups -OCH3 is 1. The highest BCUT2D eigenvalue weighted by Gasteiger charge is 2.23. The zero-order valence-corrected chi connectivity index (χ0v) is 11.1. The van der Waals surface area contributed by atoms with E-state index in [0.717, 1.165) is 13.0 Å². The minimum absolute atomic E-state index is 0.00426. The molecule has 0 unspecified atom stereocenters. The van der Waals surface area contributed by atoms with Crippen molar-refractivity contribution in [3.63, 3.8) is 0 Å². The molecule has 1 fully saturated rings. The molecule has 0 spiro atoms. The first kappa shape index (κ1) is 14.3. The molecule has 0 aromatic rings. The number of nitrogens with one attached hydrogen (secondary N) is 1. The summed E-state index contributed by atoms with van der Waals surface area (Å²) in [5.74, 6) is 0.612. The molecule has 0 radical (unpaired) electrons. The lowest BCUT2D eigenvalue weighted by Crippen LogP contribution is -2.50. The van der Waals surface area contributed by atoms with E-state index in [4.69, 9.17) is 9.47 Å². The molecule has 0 saturated carbocycles. The number of morpholine rings is 1. The molecule has 0 aliphatic carbocycles. The maximum Gasteiger partial charge on any atom is 0.317 e. The lowest BCUT2D eigenvalue weighted by molar-refractivity contribution is -0.0494. The molecule has 0 aromatic carbocycles. The zero-order valence-electron chi connectivity index (χ0n) is 11.1. The first-order valence-corrected chi connectivity index (χ1v) is 6.26. The molecule has 1 aliphatic heterocycles. The fourth-order valence-corrected chi connectivity index (χ4v) is 1.77. The molecule has 0 bridgehead atoms. The molecule has 1 heterocycles. The molecule has 2 amide bonds. The van der Waals surface area contributed by atoms with Crippen LogP contribution in [-0.4, -0.2) is 57.0 Å². The van der Waals surface area contributed by atoms with Gasteiger partial charge in [-0.1, -0.05) is 13.8 Å². The predicted molar refractivity (Wildman–Crippen MR) is 66.0 cm³/mol. The fourth-order valence-electron chi connectivity index (χ4n) is 1.77. The van der Waals surface area contributed by atoms with Crippen LogP contribution < -0.4 is 5.32 Å². The van der Waals surface area contributed by atoms with E-state index in [1.165, 1.54) is 0 Å². The van der Waals surface area contributed by atoms with Crippen molar-refractivity contribution in [2.24, 2.45) is 5.92 Å². The van der Waals surface area contributed by atoms with Crippen molar-refractivity contribution in [1.29, 1.82) is 0 Å². The lowest BCUT2D eigenvalue weighted by atomic mass is 10.1. The first-order valence-electron chi connectivity index (χ1n) is 6.26. The highest BCUT2D eigenvalue weighted by Crippen LogP contribution is 2.06. The van der Waals surface area contributed by atoms with Gasteiger partial charge in [0.05, 0.1) is 25.9 Å². The number of carbonyl (C=O) groups excluding carboxylic acids is 1. The van der Waals surface area contributed by atoms with Crippen LogP contribution in [0.5, 0.6) is 0 Å². The van der Waals surface area contributed by atoms with E-state index in [1.54, 1.807) is 12.0 Å². The van der Waals surface area contributed by atoms with Gasteiger partial charge in [0.25, 0.3) is 0 Å². The summed E-state index contributed by atoms with van der Waals surface area (Å²) >= 11 is 0. The highest BCUT2D eigenvalue weighted by atomic mass is 16.5. The molecular formula is C12H24N2O3. The molecule has 1 aliphatic rings. The summed E-state index contributed by atoms with van der Waals surface area (Å²) in [6.07, 6.45) is 1.02. The van der Waals surface area contributed by atoms with E-state index in [9.17, 15) is 4.79 Å². The minimum atomic E-state index is 0.00426. The summed E-state index contributed by atoms with van der Waals surface area (Å²) in [5, 5.41) is 2.94. The Morgan fingerprint density at radius 3 is 3.00 bits per heavy atom. The van der Waals surface area contributed by atoms with Crippen molar-refractivity contribution < 1.29 is 14.3 Å². The number of nitrogens with zero attached hydrogens (tertiary/aromatic N) is 1. The van der Waals surface area contributed by atoms with Crippen LogP contribution in [-0.2, 0) is 9.47 Å². The maximum absolute atomic E-state index is 11.8. The second-order valence-corrected chi connectivity index (χ2v) is 4.81. The molecule has 17 heavy (non-hydrogen) atoms. The van der Waals surface area contributed by atoms with Crippen LogP contribution in [0.25, 0.3) is 0 Å². The first-order chi connectivity index (χ1) is 8.13. The van der Waals surface area contributed by atoms with E-state index in [2.05, 4.69) is 19.2 Å². The number of hydrogen-bond acceptors (Lipinski definition) is 3. The molecule has 5 heteroatoms. The summed E-state index contributed by atoms with van der Waals surface area (Å²) in [4.78, 5) is 13.6. The van der Waals surface area contributed by atoms with Crippen molar-refractivity contribution in [2.45, 2.75) is 26.4 Å². The van der Waals surface area contributed by atoms with E-state index >= 15 is 0 Å². The average Bonchev–Trinajstić information content (AvgIpc) is 2.29. The Balaban J connectivity index is 2.25. The molecule has 1 saturated heterocycles. The number of carbonyl (C=O) groups is 1. The number of urea groups is 1. The van der Waals surface area contributed by atoms with Crippen LogP contribution in [0.2, 0.25) is 0 Å². The van der Waals surface area contributed by atoms with E-state index < -0.39 is 0 Å². The normalized spacial score (nSPS) is 20.7. The third kappa shape index (κ3) is 5.37. The summed E-state index contributed by atoms with van der Waals surface area (Å²) in [6, 6.07) is 0.00931. The van der Waals surface area contributed by atoms with Gasteiger partial charge < -0.3 is 19.7 Å². The maximum atomic E-state index is 11.8. The van der Waals surface area contributed by atoms with E-state index in [-0.39, 0.29) is 12.1 Å². The predicted octanol–water partition coefficient (Wildman–Crippen LogP) is 1.09. The van der Waals surface area contributed by atoms with E-state index in [1.807, 2.05) is 0 Å². The Morgan fingerprint density at radius 2 is 2.35 bits per heavy atom. The number of ether oxygens (including phenoxy) is 2. The van der Waals surface area contributed by atoms with Crippen LogP contribution in [0, 0.1) is 5.92 Å². The Labute approximate surface area is 103 Å². The second-order valence-electron chi connectivity index (χ2n) is 4.81. The van der Waals surface area contributed by atoms with Crippen LogP contribution in [0.1, 0.15) is 20.3 Å². The summed E-state index contributed by atoms with van der Waals surface area (Å²) in [5.41, 5.74) is 0. The zero-order chi connectivity index (χ0) is 12.7. The van der Waals surface area contributed by atoms with Gasteiger partial charge in [-0.25, -0.2) is 4.79 Å². The summed E-state index contributed by atoms with van der Waals surface area (Å²) < 4.78 is 10.5. The van der Waals surface area contributed by atoms with Crippen LogP contribution in [0.3, 0.4) is 0 Å². The molecule has 100 valence electrons. The third-order valence-electron chi connectivity index (χ3n) is 2.78. The highest BCUT2D eigenvalue weighted by molar-refractivity contribution is 5.74. The average molecular weight is 244 g/mol. The smallest absolute Gasteiger partial charge is 0.317 e. The van der Waals surface area contributed by atoms with Gasteiger partial charge in [0, 0.05) is 20.2 Å². The second kappa shape index (κ2) is 7.50. The fraction of sp³-hybridized carbons (Fsp3) is 0.917. The van der Waals surface area contributed by atoms with Crippen molar-refractivity contribution in [2.75, 3.05) is 40.0 Å². The van der Waals surface area contributed by atoms with Gasteiger partial charge in [0.2, 0.25) is 0 Å². The van der Waals surface area contributed by atoms with Gasteiger partial charge in [0.1, 0.15) is 0 Å². The Morgan fingerprint density at radius 1 is 1.59 bits per heavy atom. The molecule has 5 nitrogen and oxygen atoms in total.